The van der Waals surface area contributed by atoms with Gasteiger partial charge < -0.3 is 15.2 Å². The Morgan fingerprint density at radius 1 is 1.11 bits per heavy atom. The second kappa shape index (κ2) is 5.05. The van der Waals surface area contributed by atoms with Gasteiger partial charge in [-0.3, -0.25) is 0 Å². The Hall–Kier alpha value is -1.81. The van der Waals surface area contributed by atoms with Gasteiger partial charge in [0.05, 0.1) is 11.9 Å². The van der Waals surface area contributed by atoms with Crippen LogP contribution in [0.25, 0.3) is 11.3 Å². The summed E-state index contributed by atoms with van der Waals surface area (Å²) in [6, 6.07) is 6.53. The van der Waals surface area contributed by atoms with Crippen LogP contribution in [0.5, 0.6) is 0 Å². The minimum absolute atomic E-state index is 0.981. The second-order valence-corrected chi connectivity index (χ2v) is 5.16. The van der Waals surface area contributed by atoms with Gasteiger partial charge in [0, 0.05) is 26.2 Å². The predicted molar refractivity (Wildman–Crippen MR) is 78.6 cm³/mol. The number of hydrogen-bond acceptors (Lipinski definition) is 3. The van der Waals surface area contributed by atoms with Crippen LogP contribution < -0.4 is 10.2 Å². The number of rotatable bonds is 2. The lowest BCUT2D eigenvalue weighted by atomic mass is 10.1. The molecule has 2 aromatic rings. The fourth-order valence-electron chi connectivity index (χ4n) is 2.40. The zero-order valence-corrected chi connectivity index (χ0v) is 11.5. The molecule has 100 valence electrons. The average molecular weight is 256 g/mol. The van der Waals surface area contributed by atoms with E-state index in [0.29, 0.717) is 0 Å². The van der Waals surface area contributed by atoms with Crippen LogP contribution in [-0.4, -0.2) is 36.1 Å². The lowest BCUT2D eigenvalue weighted by Crippen LogP contribution is -2.44. The van der Waals surface area contributed by atoms with Crippen LogP contribution >= 0.6 is 0 Å². The predicted octanol–water partition coefficient (Wildman–Crippen LogP) is 2.10. The Morgan fingerprint density at radius 3 is 2.63 bits per heavy atom. The number of nitrogens with one attached hydrogen (secondary N) is 2. The second-order valence-electron chi connectivity index (χ2n) is 5.16. The van der Waals surface area contributed by atoms with Crippen LogP contribution in [-0.2, 0) is 0 Å². The molecule has 1 fully saturated rings. The van der Waals surface area contributed by atoms with Crippen molar-refractivity contribution >= 4 is 5.95 Å². The molecule has 0 unspecified atom stereocenters. The third kappa shape index (κ3) is 2.49. The number of anilines is 1. The molecular weight excluding hydrogens is 236 g/mol. The minimum Gasteiger partial charge on any atom is -0.340 e. The number of imidazole rings is 1. The molecule has 19 heavy (non-hydrogen) atoms. The summed E-state index contributed by atoms with van der Waals surface area (Å²) in [4.78, 5) is 10.2. The molecule has 1 aliphatic heterocycles. The van der Waals surface area contributed by atoms with E-state index in [0.717, 1.165) is 37.8 Å². The first-order valence-electron chi connectivity index (χ1n) is 6.82. The molecule has 0 bridgehead atoms. The van der Waals surface area contributed by atoms with Crippen molar-refractivity contribution in [1.29, 1.82) is 0 Å². The maximum absolute atomic E-state index is 4.51. The van der Waals surface area contributed by atoms with Crippen molar-refractivity contribution in [1.82, 2.24) is 15.3 Å². The van der Waals surface area contributed by atoms with E-state index >= 15 is 0 Å². The van der Waals surface area contributed by atoms with Crippen LogP contribution in [0.3, 0.4) is 0 Å². The Kier molecular flexibility index (Phi) is 3.25. The Morgan fingerprint density at radius 2 is 1.89 bits per heavy atom. The van der Waals surface area contributed by atoms with Crippen molar-refractivity contribution in [2.45, 2.75) is 13.8 Å². The van der Waals surface area contributed by atoms with E-state index in [-0.39, 0.29) is 0 Å². The third-order valence-corrected chi connectivity index (χ3v) is 3.80. The number of aromatic nitrogens is 2. The Labute approximate surface area is 113 Å². The van der Waals surface area contributed by atoms with E-state index in [2.05, 4.69) is 52.2 Å². The van der Waals surface area contributed by atoms with Crippen molar-refractivity contribution in [2.75, 3.05) is 31.1 Å². The fraction of sp³-hybridized carbons (Fsp3) is 0.400. The molecule has 0 aliphatic carbocycles. The molecule has 4 heteroatoms. The minimum atomic E-state index is 0.981. The molecular formula is C15H20N4. The van der Waals surface area contributed by atoms with E-state index in [1.165, 1.54) is 16.7 Å². The van der Waals surface area contributed by atoms with Crippen molar-refractivity contribution in [2.24, 2.45) is 0 Å². The number of piperazine rings is 1. The van der Waals surface area contributed by atoms with Gasteiger partial charge in [-0.1, -0.05) is 12.1 Å². The molecule has 3 rings (SSSR count). The summed E-state index contributed by atoms with van der Waals surface area (Å²) in [6.07, 6.45) is 1.93. The summed E-state index contributed by atoms with van der Waals surface area (Å²) in [6.45, 7) is 8.36. The first-order chi connectivity index (χ1) is 9.24. The highest BCUT2D eigenvalue weighted by atomic mass is 15.3. The van der Waals surface area contributed by atoms with E-state index in [1.807, 2.05) is 6.20 Å². The van der Waals surface area contributed by atoms with Crippen LogP contribution in [0.15, 0.2) is 24.4 Å². The maximum Gasteiger partial charge on any atom is 0.203 e. The monoisotopic (exact) mass is 256 g/mol. The Balaban J connectivity index is 1.85. The zero-order chi connectivity index (χ0) is 13.2. The molecule has 0 atom stereocenters. The normalized spacial score (nSPS) is 15.8. The number of benzene rings is 1. The lowest BCUT2D eigenvalue weighted by molar-refractivity contribution is 0.581. The van der Waals surface area contributed by atoms with Gasteiger partial charge in [0.25, 0.3) is 0 Å². The van der Waals surface area contributed by atoms with Gasteiger partial charge in [-0.15, -0.1) is 0 Å². The van der Waals surface area contributed by atoms with Crippen molar-refractivity contribution in [3.63, 3.8) is 0 Å². The van der Waals surface area contributed by atoms with Crippen LogP contribution in [0.4, 0.5) is 5.95 Å². The van der Waals surface area contributed by atoms with Gasteiger partial charge in [0.15, 0.2) is 0 Å². The van der Waals surface area contributed by atoms with Gasteiger partial charge in [-0.2, -0.15) is 0 Å². The molecule has 0 radical (unpaired) electrons. The summed E-state index contributed by atoms with van der Waals surface area (Å²) >= 11 is 0. The molecule has 1 aromatic carbocycles. The molecule has 2 heterocycles. The molecule has 1 aromatic heterocycles. The highest BCUT2D eigenvalue weighted by Crippen LogP contribution is 2.22. The summed E-state index contributed by atoms with van der Waals surface area (Å²) < 4.78 is 0. The number of hydrogen-bond donors (Lipinski definition) is 2. The first kappa shape index (κ1) is 12.2. The largest absolute Gasteiger partial charge is 0.340 e. The van der Waals surface area contributed by atoms with Gasteiger partial charge >= 0.3 is 0 Å². The number of aryl methyl sites for hydroxylation is 2. The SMILES string of the molecule is Cc1ccc(-c2cnc(N3CCNCC3)[nH]2)cc1C. The van der Waals surface area contributed by atoms with Gasteiger partial charge in [0.1, 0.15) is 0 Å². The Bertz CT molecular complexity index is 567. The molecule has 1 aliphatic rings. The lowest BCUT2D eigenvalue weighted by Gasteiger charge is -2.26. The van der Waals surface area contributed by atoms with E-state index in [9.17, 15) is 0 Å². The molecule has 0 spiro atoms. The third-order valence-electron chi connectivity index (χ3n) is 3.80. The highest BCUT2D eigenvalue weighted by Gasteiger charge is 2.13. The first-order valence-corrected chi connectivity index (χ1v) is 6.82. The maximum atomic E-state index is 4.51. The fourth-order valence-corrected chi connectivity index (χ4v) is 2.40. The van der Waals surface area contributed by atoms with E-state index < -0.39 is 0 Å². The standard InChI is InChI=1S/C15H20N4/c1-11-3-4-13(9-12(11)2)14-10-17-15(18-14)19-7-5-16-6-8-19/h3-4,9-10,16H,5-8H2,1-2H3,(H,17,18). The number of aromatic amines is 1. The van der Waals surface area contributed by atoms with Gasteiger partial charge in [0.2, 0.25) is 5.95 Å². The smallest absolute Gasteiger partial charge is 0.203 e. The molecule has 2 N–H and O–H groups in total. The van der Waals surface area contributed by atoms with E-state index in [1.54, 1.807) is 0 Å². The molecule has 0 saturated carbocycles. The topological polar surface area (TPSA) is 44.0 Å². The molecule has 4 nitrogen and oxygen atoms in total. The zero-order valence-electron chi connectivity index (χ0n) is 11.5. The number of H-pyrrole nitrogens is 1. The summed E-state index contributed by atoms with van der Waals surface area (Å²) in [7, 11) is 0. The van der Waals surface area contributed by atoms with Crippen LogP contribution in [0.1, 0.15) is 11.1 Å². The highest BCUT2D eigenvalue weighted by molar-refractivity contribution is 5.62. The molecule has 1 saturated heterocycles. The van der Waals surface area contributed by atoms with Crippen molar-refractivity contribution < 1.29 is 0 Å². The van der Waals surface area contributed by atoms with Gasteiger partial charge in [-0.05, 0) is 36.6 Å². The summed E-state index contributed by atoms with van der Waals surface area (Å²) in [5, 5.41) is 3.35. The van der Waals surface area contributed by atoms with Crippen LogP contribution in [0.2, 0.25) is 0 Å². The van der Waals surface area contributed by atoms with E-state index in [4.69, 9.17) is 0 Å². The quantitative estimate of drug-likeness (QED) is 0.865. The van der Waals surface area contributed by atoms with Gasteiger partial charge in [-0.25, -0.2) is 4.98 Å². The van der Waals surface area contributed by atoms with Crippen LogP contribution in [0, 0.1) is 13.8 Å². The summed E-state index contributed by atoms with van der Waals surface area (Å²) in [5.41, 5.74) is 4.94. The molecule has 0 amide bonds. The number of nitrogens with zero attached hydrogens (tertiary/aromatic N) is 2. The average Bonchev–Trinajstić information content (AvgIpc) is 2.93. The summed E-state index contributed by atoms with van der Waals surface area (Å²) in [5.74, 6) is 0.981. The van der Waals surface area contributed by atoms with Crippen molar-refractivity contribution in [3.8, 4) is 11.3 Å². The van der Waals surface area contributed by atoms with Crippen molar-refractivity contribution in [3.05, 3.63) is 35.5 Å².